The topological polar surface area (TPSA) is 17.8 Å². The van der Waals surface area contributed by atoms with Crippen LogP contribution in [0.25, 0.3) is 0 Å². The molecule has 0 fully saturated rings. The highest BCUT2D eigenvalue weighted by molar-refractivity contribution is 5.34. The summed E-state index contributed by atoms with van der Waals surface area (Å²) in [5.41, 5.74) is -3.48. The van der Waals surface area contributed by atoms with Gasteiger partial charge in [-0.1, -0.05) is 13.8 Å². The van der Waals surface area contributed by atoms with Gasteiger partial charge in [-0.2, -0.15) is 27.1 Å². The van der Waals surface area contributed by atoms with Crippen LogP contribution in [0.4, 0.5) is 26.3 Å². The number of aryl methyl sites for hydroxylation is 1. The Balaban J connectivity index is 3.60. The Morgan fingerprint density at radius 1 is 1.17 bits per heavy atom. The van der Waals surface area contributed by atoms with Crippen LogP contribution in [0.3, 0.4) is 0 Å². The smallest absolute Gasteiger partial charge is 0.271 e. The van der Waals surface area contributed by atoms with Crippen LogP contribution in [0, 0.1) is 0 Å². The minimum absolute atomic E-state index is 0.384. The van der Waals surface area contributed by atoms with Gasteiger partial charge in [0.15, 0.2) is 6.67 Å². The maximum atomic E-state index is 13.2. The molecule has 0 radical (unpaired) electrons. The van der Waals surface area contributed by atoms with Crippen molar-refractivity contribution in [3.05, 3.63) is 17.0 Å². The van der Waals surface area contributed by atoms with Gasteiger partial charge < -0.3 is 0 Å². The Bertz CT molecular complexity index is 432. The zero-order chi connectivity index (χ0) is 14.3. The average molecular weight is 274 g/mol. The third-order valence-electron chi connectivity index (χ3n) is 2.44. The molecular formula is C10H12F6N2. The molecule has 104 valence electrons. The van der Waals surface area contributed by atoms with E-state index in [1.807, 2.05) is 0 Å². The molecule has 0 bridgehead atoms. The second-order valence-corrected chi connectivity index (χ2v) is 4.22. The number of rotatable bonds is 3. The molecule has 0 amide bonds. The molecule has 1 rings (SSSR count). The number of aromatic nitrogens is 2. The fourth-order valence-electron chi connectivity index (χ4n) is 1.80. The Morgan fingerprint density at radius 3 is 2.00 bits per heavy atom. The molecular weight excluding hydrogens is 262 g/mol. The van der Waals surface area contributed by atoms with E-state index in [0.717, 1.165) is 11.7 Å². The summed E-state index contributed by atoms with van der Waals surface area (Å²) in [6, 6.07) is 0. The molecule has 1 heterocycles. The first kappa shape index (κ1) is 14.8. The predicted molar refractivity (Wildman–Crippen MR) is 52.2 cm³/mol. The van der Waals surface area contributed by atoms with Gasteiger partial charge in [0.2, 0.25) is 0 Å². The molecule has 2 nitrogen and oxygen atoms in total. The summed E-state index contributed by atoms with van der Waals surface area (Å²) in [6.45, 7) is 0.623. The summed E-state index contributed by atoms with van der Waals surface area (Å²) >= 11 is 0. The molecule has 1 aromatic heterocycles. The van der Waals surface area contributed by atoms with Gasteiger partial charge >= 0.3 is 12.1 Å². The minimum Gasteiger partial charge on any atom is -0.271 e. The number of nitrogens with zero attached hydrogens (tertiary/aromatic N) is 2. The second kappa shape index (κ2) is 4.47. The van der Waals surface area contributed by atoms with Crippen molar-refractivity contribution >= 4 is 0 Å². The van der Waals surface area contributed by atoms with Gasteiger partial charge in [-0.3, -0.25) is 4.68 Å². The standard InChI is InChI=1S/C10H12F6N2/c1-5(2)7-6(10(14,15)16)8(17-18(7)3)9(12,13)4-11/h5H,4H2,1-3H3. The van der Waals surface area contributed by atoms with E-state index < -0.39 is 35.9 Å². The van der Waals surface area contributed by atoms with E-state index in [1.54, 1.807) is 0 Å². The molecule has 1 aromatic rings. The second-order valence-electron chi connectivity index (χ2n) is 4.22. The van der Waals surface area contributed by atoms with Crippen molar-refractivity contribution in [2.24, 2.45) is 7.05 Å². The Labute approximate surface area is 99.6 Å². The van der Waals surface area contributed by atoms with Crippen LogP contribution in [0.1, 0.15) is 36.7 Å². The zero-order valence-corrected chi connectivity index (χ0v) is 9.95. The maximum absolute atomic E-state index is 13.2. The van der Waals surface area contributed by atoms with Crippen LogP contribution in [0.15, 0.2) is 0 Å². The zero-order valence-electron chi connectivity index (χ0n) is 9.95. The largest absolute Gasteiger partial charge is 0.420 e. The fraction of sp³-hybridized carbons (Fsp3) is 0.700. The Hall–Kier alpha value is -1.21. The third-order valence-corrected chi connectivity index (χ3v) is 2.44. The van der Waals surface area contributed by atoms with E-state index in [9.17, 15) is 26.3 Å². The van der Waals surface area contributed by atoms with Gasteiger partial charge in [0.25, 0.3) is 0 Å². The number of hydrogen-bond donors (Lipinski definition) is 0. The maximum Gasteiger partial charge on any atom is 0.420 e. The summed E-state index contributed by atoms with van der Waals surface area (Å²) in [5, 5.41) is 3.15. The fourth-order valence-corrected chi connectivity index (χ4v) is 1.80. The predicted octanol–water partition coefficient (Wildman–Crippen LogP) is 3.62. The summed E-state index contributed by atoms with van der Waals surface area (Å²) < 4.78 is 77.8. The monoisotopic (exact) mass is 274 g/mol. The highest BCUT2D eigenvalue weighted by Gasteiger charge is 2.48. The first-order chi connectivity index (χ1) is 8.02. The van der Waals surface area contributed by atoms with Gasteiger partial charge in [0.05, 0.1) is 5.69 Å². The van der Waals surface area contributed by atoms with Crippen LogP contribution in [-0.2, 0) is 19.1 Å². The van der Waals surface area contributed by atoms with Crippen molar-refractivity contribution < 1.29 is 26.3 Å². The van der Waals surface area contributed by atoms with Gasteiger partial charge in [0.1, 0.15) is 11.3 Å². The lowest BCUT2D eigenvalue weighted by Gasteiger charge is -2.15. The van der Waals surface area contributed by atoms with Crippen molar-refractivity contribution in [2.75, 3.05) is 6.67 Å². The van der Waals surface area contributed by atoms with E-state index in [0.29, 0.717) is 0 Å². The SMILES string of the molecule is CC(C)c1c(C(F)(F)F)c(C(F)(F)CF)nn1C. The van der Waals surface area contributed by atoms with Crippen molar-refractivity contribution in [2.45, 2.75) is 31.9 Å². The number of halogens is 6. The quantitative estimate of drug-likeness (QED) is 0.770. The first-order valence-electron chi connectivity index (χ1n) is 5.10. The van der Waals surface area contributed by atoms with E-state index in [2.05, 4.69) is 5.10 Å². The van der Waals surface area contributed by atoms with Crippen LogP contribution in [-0.4, -0.2) is 16.5 Å². The van der Waals surface area contributed by atoms with Crippen LogP contribution < -0.4 is 0 Å². The Morgan fingerprint density at radius 2 is 1.67 bits per heavy atom. The van der Waals surface area contributed by atoms with Gasteiger partial charge in [-0.25, -0.2) is 4.39 Å². The summed E-state index contributed by atoms with van der Waals surface area (Å²) in [7, 11) is 1.13. The summed E-state index contributed by atoms with van der Waals surface area (Å²) in [6.07, 6.45) is -5.00. The lowest BCUT2D eigenvalue weighted by molar-refractivity contribution is -0.143. The molecule has 0 aliphatic rings. The van der Waals surface area contributed by atoms with E-state index in [4.69, 9.17) is 0 Å². The number of alkyl halides is 6. The first-order valence-corrected chi connectivity index (χ1v) is 5.10. The van der Waals surface area contributed by atoms with Crippen molar-refractivity contribution in [1.82, 2.24) is 9.78 Å². The number of hydrogen-bond acceptors (Lipinski definition) is 1. The molecule has 0 aliphatic carbocycles. The van der Waals surface area contributed by atoms with Crippen molar-refractivity contribution in [1.29, 1.82) is 0 Å². The van der Waals surface area contributed by atoms with Gasteiger partial charge in [-0.15, -0.1) is 0 Å². The van der Waals surface area contributed by atoms with Crippen molar-refractivity contribution in [3.8, 4) is 0 Å². The average Bonchev–Trinajstić information content (AvgIpc) is 2.56. The molecule has 0 atom stereocenters. The van der Waals surface area contributed by atoms with E-state index >= 15 is 0 Å². The molecule has 0 N–H and O–H groups in total. The van der Waals surface area contributed by atoms with E-state index in [1.165, 1.54) is 13.8 Å². The lowest BCUT2D eigenvalue weighted by atomic mass is 10.0. The molecule has 0 aromatic carbocycles. The molecule has 0 saturated heterocycles. The third kappa shape index (κ3) is 2.46. The van der Waals surface area contributed by atoms with Gasteiger partial charge in [-0.05, 0) is 5.92 Å². The molecule has 8 heteroatoms. The molecule has 0 unspecified atom stereocenters. The molecule has 0 spiro atoms. The van der Waals surface area contributed by atoms with E-state index in [-0.39, 0.29) is 5.69 Å². The van der Waals surface area contributed by atoms with Gasteiger partial charge in [0, 0.05) is 7.05 Å². The summed E-state index contributed by atoms with van der Waals surface area (Å²) in [5.74, 6) is -4.90. The van der Waals surface area contributed by atoms with Crippen molar-refractivity contribution in [3.63, 3.8) is 0 Å². The highest BCUT2D eigenvalue weighted by Crippen LogP contribution is 2.42. The van der Waals surface area contributed by atoms with Crippen LogP contribution in [0.2, 0.25) is 0 Å². The van der Waals surface area contributed by atoms with Crippen LogP contribution >= 0.6 is 0 Å². The molecule has 18 heavy (non-hydrogen) atoms. The lowest BCUT2D eigenvalue weighted by Crippen LogP contribution is -2.22. The summed E-state index contributed by atoms with van der Waals surface area (Å²) in [4.78, 5) is 0. The molecule has 0 saturated carbocycles. The van der Waals surface area contributed by atoms with Crippen LogP contribution in [0.5, 0.6) is 0 Å². The Kier molecular flexibility index (Phi) is 3.69. The normalized spacial score (nSPS) is 13.4. The highest BCUT2D eigenvalue weighted by atomic mass is 19.4. The molecule has 0 aliphatic heterocycles. The minimum atomic E-state index is -5.00.